The summed E-state index contributed by atoms with van der Waals surface area (Å²) in [6.07, 6.45) is 59.8. The van der Waals surface area contributed by atoms with Crippen molar-refractivity contribution in [3.05, 3.63) is 0 Å². The van der Waals surface area contributed by atoms with Gasteiger partial charge in [-0.05, 0) is 49.4 Å². The van der Waals surface area contributed by atoms with E-state index >= 15 is 0 Å². The van der Waals surface area contributed by atoms with Crippen LogP contribution < -0.4 is 0 Å². The van der Waals surface area contributed by atoms with E-state index in [4.69, 9.17) is 37.0 Å². The van der Waals surface area contributed by atoms with Gasteiger partial charge in [0.2, 0.25) is 0 Å². The molecule has 19 heteroatoms. The molecular formula is C83H162O17P2. The topological polar surface area (TPSA) is 237 Å². The van der Waals surface area contributed by atoms with Crippen LogP contribution in [-0.4, -0.2) is 96.7 Å². The average molecular weight is 1490 g/mol. The van der Waals surface area contributed by atoms with Gasteiger partial charge in [-0.3, -0.25) is 37.3 Å². The third kappa shape index (κ3) is 76.3. The van der Waals surface area contributed by atoms with E-state index < -0.39 is 97.5 Å². The van der Waals surface area contributed by atoms with Gasteiger partial charge in [-0.15, -0.1) is 0 Å². The van der Waals surface area contributed by atoms with Gasteiger partial charge in [-0.1, -0.05) is 376 Å². The molecule has 0 fully saturated rings. The molecule has 0 aliphatic rings. The van der Waals surface area contributed by atoms with E-state index in [9.17, 15) is 43.2 Å². The number of hydrogen-bond donors (Lipinski definition) is 3. The molecule has 0 aliphatic carbocycles. The minimum absolute atomic E-state index is 0.106. The molecule has 0 aromatic carbocycles. The van der Waals surface area contributed by atoms with Crippen molar-refractivity contribution < 1.29 is 80.2 Å². The Balaban J connectivity index is 5.22. The minimum Gasteiger partial charge on any atom is -0.462 e. The average Bonchev–Trinajstić information content (AvgIpc) is 0.910. The summed E-state index contributed by atoms with van der Waals surface area (Å²) in [5, 5.41) is 10.7. The van der Waals surface area contributed by atoms with Crippen LogP contribution in [-0.2, 0) is 65.4 Å². The summed E-state index contributed by atoms with van der Waals surface area (Å²) >= 11 is 0. The molecule has 0 heterocycles. The lowest BCUT2D eigenvalue weighted by Crippen LogP contribution is -2.30. The Bertz CT molecular complexity index is 1990. The van der Waals surface area contributed by atoms with E-state index in [2.05, 4.69) is 55.4 Å². The number of phosphoric ester groups is 2. The number of hydrogen-bond acceptors (Lipinski definition) is 15. The molecule has 606 valence electrons. The molecule has 3 N–H and O–H groups in total. The summed E-state index contributed by atoms with van der Waals surface area (Å²) < 4.78 is 68.8. The molecule has 0 radical (unpaired) electrons. The van der Waals surface area contributed by atoms with Crippen molar-refractivity contribution >= 4 is 39.5 Å². The van der Waals surface area contributed by atoms with Crippen LogP contribution in [0.5, 0.6) is 0 Å². The van der Waals surface area contributed by atoms with Crippen LogP contribution in [0.3, 0.4) is 0 Å². The third-order valence-electron chi connectivity index (χ3n) is 19.3. The normalized spacial score (nSPS) is 14.0. The second kappa shape index (κ2) is 72.0. The van der Waals surface area contributed by atoms with Crippen LogP contribution in [0, 0.1) is 23.7 Å². The van der Waals surface area contributed by atoms with E-state index in [0.717, 1.165) is 114 Å². The number of rotatable bonds is 80. The van der Waals surface area contributed by atoms with Crippen LogP contribution in [0.15, 0.2) is 0 Å². The van der Waals surface area contributed by atoms with Crippen LogP contribution in [0.4, 0.5) is 0 Å². The molecule has 0 bridgehead atoms. The first kappa shape index (κ1) is 100. The summed E-state index contributed by atoms with van der Waals surface area (Å²) in [4.78, 5) is 73.1. The van der Waals surface area contributed by atoms with Gasteiger partial charge in [-0.25, -0.2) is 9.13 Å². The van der Waals surface area contributed by atoms with Crippen LogP contribution in [0.1, 0.15) is 428 Å². The summed E-state index contributed by atoms with van der Waals surface area (Å²) in [6.45, 7) is 14.3. The van der Waals surface area contributed by atoms with Crippen molar-refractivity contribution in [2.75, 3.05) is 39.6 Å². The zero-order valence-corrected chi connectivity index (χ0v) is 69.0. The lowest BCUT2D eigenvalue weighted by molar-refractivity contribution is -0.161. The zero-order valence-electron chi connectivity index (χ0n) is 67.2. The molecular weight excluding hydrogens is 1330 g/mol. The first-order chi connectivity index (χ1) is 49.1. The maximum Gasteiger partial charge on any atom is 0.472 e. The molecule has 0 aromatic heterocycles. The fourth-order valence-corrected chi connectivity index (χ4v) is 14.4. The van der Waals surface area contributed by atoms with Gasteiger partial charge >= 0.3 is 39.5 Å². The van der Waals surface area contributed by atoms with Gasteiger partial charge in [0.25, 0.3) is 0 Å². The summed E-state index contributed by atoms with van der Waals surface area (Å²) in [7, 11) is -9.92. The highest BCUT2D eigenvalue weighted by molar-refractivity contribution is 7.47. The Hall–Kier alpha value is -1.94. The van der Waals surface area contributed by atoms with E-state index in [0.29, 0.717) is 31.6 Å². The Kier molecular flexibility index (Phi) is 70.6. The Labute approximate surface area is 626 Å². The van der Waals surface area contributed by atoms with E-state index in [1.54, 1.807) is 0 Å². The highest BCUT2D eigenvalue weighted by atomic mass is 31.2. The van der Waals surface area contributed by atoms with Crippen molar-refractivity contribution in [3.8, 4) is 0 Å². The SMILES string of the molecule is CC(C)CCCCCCCCCCCCCCCCCCC(=O)OC[C@H](COP(=O)(O)OCC(O)COP(=O)(O)OC[C@@H](COC(=O)CCCCCCCCC(C)C)OC(=O)CCCCCCCCCCCCCCCCC(C)C)OC(=O)CCCCCCCCCCCCCCCCC(C)C. The number of aliphatic hydroxyl groups is 1. The van der Waals surface area contributed by atoms with E-state index in [1.807, 2.05) is 0 Å². The quantitative estimate of drug-likeness (QED) is 0.0222. The fourth-order valence-electron chi connectivity index (χ4n) is 12.8. The molecule has 0 aromatic rings. The van der Waals surface area contributed by atoms with Gasteiger partial charge in [-0.2, -0.15) is 0 Å². The smallest absolute Gasteiger partial charge is 0.462 e. The van der Waals surface area contributed by atoms with Crippen molar-refractivity contribution in [2.45, 2.75) is 446 Å². The van der Waals surface area contributed by atoms with E-state index in [1.165, 1.54) is 225 Å². The Morgan fingerprint density at radius 1 is 0.245 bits per heavy atom. The predicted octanol–water partition coefficient (Wildman–Crippen LogP) is 24.8. The molecule has 0 amide bonds. The number of esters is 4. The molecule has 0 saturated carbocycles. The monoisotopic (exact) mass is 1490 g/mol. The fraction of sp³-hybridized carbons (Fsp3) is 0.952. The number of carbonyl (C=O) groups excluding carboxylic acids is 4. The largest absolute Gasteiger partial charge is 0.472 e. The summed E-state index contributed by atoms with van der Waals surface area (Å²) in [5.41, 5.74) is 0. The maximum absolute atomic E-state index is 13.1. The van der Waals surface area contributed by atoms with Gasteiger partial charge < -0.3 is 33.8 Å². The maximum atomic E-state index is 13.1. The van der Waals surface area contributed by atoms with Gasteiger partial charge in [0.15, 0.2) is 12.2 Å². The second-order valence-electron chi connectivity index (χ2n) is 31.8. The molecule has 0 saturated heterocycles. The number of carbonyl (C=O) groups is 4. The standard InChI is InChI=1S/C83H162O17P2/c1-73(2)59-51-43-35-29-23-17-11-9-10-12-20-26-32-38-47-55-63-80(85)93-69-78(99-82(87)65-57-49-39-33-27-21-15-13-18-24-30-36-44-52-60-74(3)4)71-97-101(89,90)95-67-77(84)68-96-102(91,92)98-72-79(70-94-81(86)64-56-48-42-41-46-54-62-76(7)8)100-83(88)66-58-50-40-34-28-22-16-14-19-25-31-37-45-53-61-75(5)6/h73-79,84H,9-72H2,1-8H3,(H,89,90)(H,91,92)/t77?,78-,79-/m1/s1. The van der Waals surface area contributed by atoms with Crippen molar-refractivity contribution in [2.24, 2.45) is 23.7 Å². The Morgan fingerprint density at radius 2 is 0.412 bits per heavy atom. The number of ether oxygens (including phenoxy) is 4. The molecule has 0 aliphatic heterocycles. The number of phosphoric acid groups is 2. The summed E-state index contributed by atoms with van der Waals surface area (Å²) in [6, 6.07) is 0. The lowest BCUT2D eigenvalue weighted by atomic mass is 10.0. The van der Waals surface area contributed by atoms with Crippen molar-refractivity contribution in [1.82, 2.24) is 0 Å². The zero-order chi connectivity index (χ0) is 75.3. The van der Waals surface area contributed by atoms with Crippen molar-refractivity contribution in [3.63, 3.8) is 0 Å². The molecule has 5 atom stereocenters. The number of aliphatic hydroxyl groups excluding tert-OH is 1. The predicted molar refractivity (Wildman–Crippen MR) is 418 cm³/mol. The lowest BCUT2D eigenvalue weighted by Gasteiger charge is -2.21. The van der Waals surface area contributed by atoms with Crippen molar-refractivity contribution in [1.29, 1.82) is 0 Å². The van der Waals surface area contributed by atoms with Crippen LogP contribution in [0.2, 0.25) is 0 Å². The molecule has 0 rings (SSSR count). The van der Waals surface area contributed by atoms with Crippen LogP contribution in [0.25, 0.3) is 0 Å². The highest BCUT2D eigenvalue weighted by Gasteiger charge is 2.30. The molecule has 17 nitrogen and oxygen atoms in total. The van der Waals surface area contributed by atoms with Gasteiger partial charge in [0.1, 0.15) is 19.3 Å². The first-order valence-electron chi connectivity index (χ1n) is 42.7. The third-order valence-corrected chi connectivity index (χ3v) is 21.2. The summed E-state index contributed by atoms with van der Waals surface area (Å²) in [5.74, 6) is 0.969. The molecule has 0 spiro atoms. The number of unbranched alkanes of at least 4 members (excludes halogenated alkanes) is 46. The highest BCUT2D eigenvalue weighted by Crippen LogP contribution is 2.45. The molecule has 3 unspecified atom stereocenters. The van der Waals surface area contributed by atoms with Crippen LogP contribution >= 0.6 is 15.6 Å². The first-order valence-corrected chi connectivity index (χ1v) is 45.7. The Morgan fingerprint density at radius 3 is 0.608 bits per heavy atom. The van der Waals surface area contributed by atoms with Gasteiger partial charge in [0.05, 0.1) is 26.4 Å². The molecule has 102 heavy (non-hydrogen) atoms. The second-order valence-corrected chi connectivity index (χ2v) is 34.7. The van der Waals surface area contributed by atoms with E-state index in [-0.39, 0.29) is 25.7 Å². The van der Waals surface area contributed by atoms with Gasteiger partial charge in [0, 0.05) is 25.7 Å². The minimum atomic E-state index is -4.96.